The number of rotatable bonds is 0. The summed E-state index contributed by atoms with van der Waals surface area (Å²) in [5.74, 6) is 0. The van der Waals surface area contributed by atoms with Gasteiger partial charge in [0.1, 0.15) is 0 Å². The highest BCUT2D eigenvalue weighted by atomic mass is 15.2. The van der Waals surface area contributed by atoms with Crippen LogP contribution in [0.15, 0.2) is 12.3 Å². The van der Waals surface area contributed by atoms with Crippen LogP contribution in [0.3, 0.4) is 0 Å². The molecule has 1 aromatic heterocycles. The van der Waals surface area contributed by atoms with Crippen molar-refractivity contribution in [1.82, 2.24) is 9.78 Å². The minimum atomic E-state index is -2.13. The first-order valence-corrected chi connectivity index (χ1v) is 2.03. The number of aromatic nitrogens is 2. The summed E-state index contributed by atoms with van der Waals surface area (Å²) >= 11 is 0. The quantitative estimate of drug-likeness (QED) is 0.469. The van der Waals surface area contributed by atoms with Gasteiger partial charge in [0, 0.05) is 17.3 Å². The van der Waals surface area contributed by atoms with Gasteiger partial charge >= 0.3 is 0 Å². The van der Waals surface area contributed by atoms with Gasteiger partial charge in [-0.25, -0.2) is 0 Å². The lowest BCUT2D eigenvalue weighted by atomic mass is 10.5. The molecule has 1 aromatic rings. The average molecular weight is 99.2 g/mol. The van der Waals surface area contributed by atoms with E-state index in [4.69, 9.17) is 4.11 Å². The number of hydrogen-bond acceptors (Lipinski definition) is 1. The summed E-state index contributed by atoms with van der Waals surface area (Å²) in [5.41, 5.74) is 0.719. The molecule has 0 saturated heterocycles. The molecule has 1 heterocycles. The fourth-order valence-corrected chi connectivity index (χ4v) is 0.415. The number of aryl methyl sites for hydroxylation is 2. The van der Waals surface area contributed by atoms with E-state index in [1.165, 1.54) is 6.20 Å². The molecule has 0 unspecified atom stereocenters. The Kier molecular flexibility index (Phi) is 0.389. The van der Waals surface area contributed by atoms with Crippen LogP contribution in [0.2, 0.25) is 0 Å². The van der Waals surface area contributed by atoms with Gasteiger partial charge in [0.15, 0.2) is 0 Å². The lowest BCUT2D eigenvalue weighted by Crippen LogP contribution is -1.86. The molecule has 0 aliphatic heterocycles. The van der Waals surface area contributed by atoms with Gasteiger partial charge in [-0.1, -0.05) is 0 Å². The van der Waals surface area contributed by atoms with E-state index >= 15 is 0 Å². The highest BCUT2D eigenvalue weighted by Crippen LogP contribution is 1.86. The van der Waals surface area contributed by atoms with E-state index in [0.29, 0.717) is 0 Å². The second-order valence-corrected chi connectivity index (χ2v) is 1.40. The molecule has 1 rings (SSSR count). The molecule has 2 heteroatoms. The lowest BCUT2D eigenvalue weighted by Gasteiger charge is -1.79. The van der Waals surface area contributed by atoms with Crippen molar-refractivity contribution in [2.45, 2.75) is 6.92 Å². The van der Waals surface area contributed by atoms with Crippen LogP contribution in [-0.2, 0) is 6.98 Å². The molecule has 7 heavy (non-hydrogen) atoms. The van der Waals surface area contributed by atoms with Crippen LogP contribution < -0.4 is 0 Å². The Morgan fingerprint density at radius 1 is 2.00 bits per heavy atom. The van der Waals surface area contributed by atoms with Crippen molar-refractivity contribution in [2.24, 2.45) is 6.98 Å². The molecular weight excluding hydrogens is 88.1 g/mol. The topological polar surface area (TPSA) is 17.8 Å². The van der Waals surface area contributed by atoms with Crippen molar-refractivity contribution in [1.29, 1.82) is 0 Å². The van der Waals surface area contributed by atoms with E-state index in [2.05, 4.69) is 5.10 Å². The summed E-state index contributed by atoms with van der Waals surface area (Å²) in [7, 11) is 0. The normalized spacial score (nSPS) is 17.6. The summed E-state index contributed by atoms with van der Waals surface area (Å²) in [5, 5.41) is 3.74. The maximum Gasteiger partial charge on any atom is 0.0593 e. The molecule has 0 N–H and O–H groups in total. The Labute approximate surface area is 47.0 Å². The molecule has 0 bridgehead atoms. The third-order valence-corrected chi connectivity index (χ3v) is 0.722. The smallest absolute Gasteiger partial charge is 0.0593 e. The van der Waals surface area contributed by atoms with Gasteiger partial charge in [-0.05, 0) is 13.0 Å². The first-order valence-electron chi connectivity index (χ1n) is 3.53. The summed E-state index contributed by atoms with van der Waals surface area (Å²) < 4.78 is 21.7. The van der Waals surface area contributed by atoms with Crippen molar-refractivity contribution in [3.63, 3.8) is 0 Å². The van der Waals surface area contributed by atoms with E-state index in [1.807, 2.05) is 0 Å². The van der Waals surface area contributed by atoms with Crippen molar-refractivity contribution >= 4 is 0 Å². The molecule has 0 atom stereocenters. The predicted molar refractivity (Wildman–Crippen MR) is 27.9 cm³/mol. The molecule has 0 spiro atoms. The van der Waals surface area contributed by atoms with Crippen molar-refractivity contribution in [2.75, 3.05) is 0 Å². The Balaban J connectivity index is 2.96. The molecule has 0 aromatic carbocycles. The SMILES string of the molecule is [2H]C([2H])([2H])n1ccc(C)n1. The lowest BCUT2D eigenvalue weighted by molar-refractivity contribution is 0.756. The van der Waals surface area contributed by atoms with Gasteiger partial charge in [0.25, 0.3) is 0 Å². The monoisotopic (exact) mass is 99.1 g/mol. The van der Waals surface area contributed by atoms with Crippen molar-refractivity contribution in [3.8, 4) is 0 Å². The van der Waals surface area contributed by atoms with Gasteiger partial charge in [-0.3, -0.25) is 4.68 Å². The maximum atomic E-state index is 6.92. The molecular formula is C5H8N2. The predicted octanol–water partition coefficient (Wildman–Crippen LogP) is 0.729. The van der Waals surface area contributed by atoms with Gasteiger partial charge < -0.3 is 0 Å². The second-order valence-electron chi connectivity index (χ2n) is 1.40. The zero-order valence-corrected chi connectivity index (χ0v) is 4.05. The van der Waals surface area contributed by atoms with Crippen LogP contribution in [-0.4, -0.2) is 9.78 Å². The zero-order valence-electron chi connectivity index (χ0n) is 7.05. The zero-order chi connectivity index (χ0) is 7.78. The Morgan fingerprint density at radius 2 is 2.86 bits per heavy atom. The standard InChI is InChI=1S/C5H8N2/c1-5-3-4-7(2)6-5/h3-4H,1-2H3/i2D3. The molecule has 38 valence electrons. The van der Waals surface area contributed by atoms with Crippen LogP contribution in [0, 0.1) is 6.92 Å². The summed E-state index contributed by atoms with van der Waals surface area (Å²) in [6.45, 7) is -0.378. The van der Waals surface area contributed by atoms with E-state index in [1.54, 1.807) is 13.0 Å². The van der Waals surface area contributed by atoms with Crippen LogP contribution in [0.1, 0.15) is 9.81 Å². The average Bonchev–Trinajstić information content (AvgIpc) is 2.11. The molecule has 0 saturated carbocycles. The molecule has 0 amide bonds. The molecule has 0 aliphatic rings. The summed E-state index contributed by atoms with van der Waals surface area (Å²) in [4.78, 5) is 0. The molecule has 2 nitrogen and oxygen atoms in total. The second kappa shape index (κ2) is 1.37. The van der Waals surface area contributed by atoms with Crippen molar-refractivity contribution in [3.05, 3.63) is 18.0 Å². The van der Waals surface area contributed by atoms with E-state index in [-0.39, 0.29) is 0 Å². The van der Waals surface area contributed by atoms with E-state index in [9.17, 15) is 0 Å². The Hall–Kier alpha value is -0.790. The van der Waals surface area contributed by atoms with E-state index in [0.717, 1.165) is 10.4 Å². The number of hydrogen-bond donors (Lipinski definition) is 0. The molecule has 0 radical (unpaired) electrons. The van der Waals surface area contributed by atoms with Crippen LogP contribution in [0.25, 0.3) is 0 Å². The van der Waals surface area contributed by atoms with Crippen LogP contribution in [0.5, 0.6) is 0 Å². The van der Waals surface area contributed by atoms with Gasteiger partial charge in [-0.15, -0.1) is 0 Å². The summed E-state index contributed by atoms with van der Waals surface area (Å²) in [6.07, 6.45) is 1.45. The highest BCUT2D eigenvalue weighted by molar-refractivity contribution is 4.93. The Morgan fingerprint density at radius 3 is 3.14 bits per heavy atom. The fraction of sp³-hybridized carbons (Fsp3) is 0.400. The minimum absolute atomic E-state index is 0.719. The third kappa shape index (κ3) is 0.796. The van der Waals surface area contributed by atoms with Gasteiger partial charge in [-0.2, -0.15) is 5.10 Å². The van der Waals surface area contributed by atoms with Gasteiger partial charge in [0.05, 0.1) is 5.69 Å². The summed E-state index contributed by atoms with van der Waals surface area (Å²) in [6, 6.07) is 1.66. The first kappa shape index (κ1) is 1.99. The van der Waals surface area contributed by atoms with Crippen molar-refractivity contribution < 1.29 is 4.11 Å². The minimum Gasteiger partial charge on any atom is -0.276 e. The van der Waals surface area contributed by atoms with Crippen LogP contribution >= 0.6 is 0 Å². The first-order chi connectivity index (χ1) is 4.50. The third-order valence-electron chi connectivity index (χ3n) is 0.722. The molecule has 0 fully saturated rings. The maximum absolute atomic E-state index is 6.92. The largest absolute Gasteiger partial charge is 0.276 e. The van der Waals surface area contributed by atoms with Gasteiger partial charge in [0.2, 0.25) is 0 Å². The fourth-order valence-electron chi connectivity index (χ4n) is 0.415. The molecule has 0 aliphatic carbocycles. The Bertz CT molecular complexity index is 225. The van der Waals surface area contributed by atoms with Crippen LogP contribution in [0.4, 0.5) is 0 Å². The number of nitrogens with zero attached hydrogens (tertiary/aromatic N) is 2. The highest BCUT2D eigenvalue weighted by Gasteiger charge is 1.81. The van der Waals surface area contributed by atoms with E-state index < -0.39 is 6.98 Å².